The summed E-state index contributed by atoms with van der Waals surface area (Å²) >= 11 is 1.03. The van der Waals surface area contributed by atoms with Crippen molar-refractivity contribution in [3.05, 3.63) is 68.2 Å². The molecule has 0 aliphatic rings. The van der Waals surface area contributed by atoms with Gasteiger partial charge in [0.15, 0.2) is 5.57 Å². The molecule has 1 aromatic carbocycles. The Morgan fingerprint density at radius 1 is 1.28 bits per heavy atom. The highest BCUT2D eigenvalue weighted by Gasteiger charge is 2.10. The zero-order chi connectivity index (χ0) is 26.3. The first kappa shape index (κ1) is 28.1. The van der Waals surface area contributed by atoms with Crippen LogP contribution in [0.25, 0.3) is 11.5 Å². The van der Waals surface area contributed by atoms with Gasteiger partial charge in [-0.05, 0) is 25.1 Å². The average molecular weight is 511 g/mol. The van der Waals surface area contributed by atoms with Gasteiger partial charge in [0.25, 0.3) is 5.56 Å². The van der Waals surface area contributed by atoms with Crippen LogP contribution in [0.5, 0.6) is 0 Å². The molecule has 1 heterocycles. The van der Waals surface area contributed by atoms with E-state index in [0.717, 1.165) is 11.3 Å². The highest BCUT2D eigenvalue weighted by atomic mass is 32.1. The SMILES string of the molecule is C=CCOC(=O)C(=C=c1sc(=C=CNc2cccc(NC(=O)COCCOC)c2)c(=O)n1CC)C#N. The summed E-state index contributed by atoms with van der Waals surface area (Å²) in [6, 6.07) is 8.71. The number of aromatic nitrogens is 1. The number of hydrogen-bond donors (Lipinski definition) is 2. The maximum atomic E-state index is 12.7. The highest BCUT2D eigenvalue weighted by Crippen LogP contribution is 2.14. The first-order valence-electron chi connectivity index (χ1n) is 10.8. The Bertz CT molecular complexity index is 1390. The van der Waals surface area contributed by atoms with Gasteiger partial charge in [-0.2, -0.15) is 5.26 Å². The van der Waals surface area contributed by atoms with Crippen molar-refractivity contribution < 1.29 is 23.8 Å². The maximum absolute atomic E-state index is 12.7. The smallest absolute Gasteiger partial charge is 0.357 e. The molecule has 2 aromatic rings. The van der Waals surface area contributed by atoms with Crippen LogP contribution in [0.15, 0.2) is 53.5 Å². The Morgan fingerprint density at radius 3 is 2.75 bits per heavy atom. The number of carbonyl (C=O) groups is 2. The van der Waals surface area contributed by atoms with Crippen LogP contribution in [-0.4, -0.2) is 50.0 Å². The molecule has 2 rings (SSSR count). The number of esters is 1. The summed E-state index contributed by atoms with van der Waals surface area (Å²) in [5, 5.41) is 15.0. The number of hydrogen-bond acceptors (Lipinski definition) is 9. The summed E-state index contributed by atoms with van der Waals surface area (Å²) < 4.78 is 16.8. The quantitative estimate of drug-likeness (QED) is 0.143. The van der Waals surface area contributed by atoms with Gasteiger partial charge in [-0.1, -0.05) is 41.5 Å². The van der Waals surface area contributed by atoms with Crippen molar-refractivity contribution in [1.29, 1.82) is 5.26 Å². The molecule has 10 nitrogen and oxygen atoms in total. The van der Waals surface area contributed by atoms with Crippen molar-refractivity contribution in [2.24, 2.45) is 0 Å². The second kappa shape index (κ2) is 15.0. The molecular formula is C25H26N4O6S. The largest absolute Gasteiger partial charge is 0.457 e. The van der Waals surface area contributed by atoms with E-state index < -0.39 is 5.97 Å². The lowest BCUT2D eigenvalue weighted by atomic mass is 10.2. The van der Waals surface area contributed by atoms with Gasteiger partial charge in [0.1, 0.15) is 28.5 Å². The van der Waals surface area contributed by atoms with E-state index in [0.29, 0.717) is 35.8 Å². The molecule has 0 aliphatic heterocycles. The van der Waals surface area contributed by atoms with E-state index in [1.54, 1.807) is 44.4 Å². The van der Waals surface area contributed by atoms with Gasteiger partial charge < -0.3 is 24.8 Å². The van der Waals surface area contributed by atoms with Gasteiger partial charge in [-0.3, -0.25) is 14.2 Å². The van der Waals surface area contributed by atoms with E-state index in [4.69, 9.17) is 14.2 Å². The number of anilines is 2. The average Bonchev–Trinajstić information content (AvgIpc) is 3.17. The fourth-order valence-corrected chi connectivity index (χ4v) is 3.68. The predicted octanol–water partition coefficient (Wildman–Crippen LogP) is 1.09. The molecule has 188 valence electrons. The van der Waals surface area contributed by atoms with E-state index in [9.17, 15) is 19.6 Å². The van der Waals surface area contributed by atoms with Crippen molar-refractivity contribution in [1.82, 2.24) is 4.57 Å². The number of thiazole rings is 1. The van der Waals surface area contributed by atoms with Crippen LogP contribution in [0.3, 0.4) is 0 Å². The van der Waals surface area contributed by atoms with Crippen LogP contribution in [-0.2, 0) is 30.3 Å². The van der Waals surface area contributed by atoms with Crippen molar-refractivity contribution in [3.8, 4) is 6.07 Å². The van der Waals surface area contributed by atoms with E-state index >= 15 is 0 Å². The van der Waals surface area contributed by atoms with Crippen LogP contribution in [0, 0.1) is 11.3 Å². The highest BCUT2D eigenvalue weighted by molar-refractivity contribution is 7.07. The molecule has 0 saturated heterocycles. The fraction of sp³-hybridized carbons (Fsp3) is 0.280. The van der Waals surface area contributed by atoms with Gasteiger partial charge in [-0.15, -0.1) is 0 Å². The summed E-state index contributed by atoms with van der Waals surface area (Å²) in [5.41, 5.74) is 6.07. The zero-order valence-electron chi connectivity index (χ0n) is 20.0. The Balaban J connectivity index is 2.27. The molecule has 0 atom stereocenters. The number of ether oxygens (including phenoxy) is 3. The van der Waals surface area contributed by atoms with Gasteiger partial charge in [-0.25, -0.2) is 4.79 Å². The lowest BCUT2D eigenvalue weighted by Crippen LogP contribution is -2.30. The second-order valence-corrected chi connectivity index (χ2v) is 7.89. The van der Waals surface area contributed by atoms with Gasteiger partial charge >= 0.3 is 5.97 Å². The molecule has 0 fully saturated rings. The summed E-state index contributed by atoms with van der Waals surface area (Å²) in [7, 11) is 1.55. The molecule has 1 aromatic heterocycles. The minimum absolute atomic E-state index is 0.0444. The minimum atomic E-state index is -0.850. The summed E-state index contributed by atoms with van der Waals surface area (Å²) in [6.07, 6.45) is 2.84. The Morgan fingerprint density at radius 2 is 2.06 bits per heavy atom. The molecule has 0 unspecified atom stereocenters. The van der Waals surface area contributed by atoms with Crippen LogP contribution < -0.4 is 25.4 Å². The number of nitrogens with one attached hydrogen (secondary N) is 2. The van der Waals surface area contributed by atoms with E-state index in [1.807, 2.05) is 0 Å². The fourth-order valence-electron chi connectivity index (χ4n) is 2.70. The number of benzene rings is 1. The van der Waals surface area contributed by atoms with Crippen molar-refractivity contribution >= 4 is 46.1 Å². The van der Waals surface area contributed by atoms with Crippen molar-refractivity contribution in [2.75, 3.05) is 44.2 Å². The van der Waals surface area contributed by atoms with Crippen LogP contribution in [0.1, 0.15) is 6.92 Å². The minimum Gasteiger partial charge on any atom is -0.457 e. The molecular weight excluding hydrogens is 484 g/mol. The third kappa shape index (κ3) is 8.56. The number of carbonyl (C=O) groups excluding carboxylic acids is 2. The zero-order valence-corrected chi connectivity index (χ0v) is 20.8. The van der Waals surface area contributed by atoms with Gasteiger partial charge in [0.05, 0.1) is 13.2 Å². The first-order valence-corrected chi connectivity index (χ1v) is 11.6. The monoisotopic (exact) mass is 510 g/mol. The van der Waals surface area contributed by atoms with Crippen molar-refractivity contribution in [2.45, 2.75) is 13.5 Å². The predicted molar refractivity (Wildman–Crippen MR) is 137 cm³/mol. The number of methoxy groups -OCH3 is 1. The molecule has 0 aliphatic carbocycles. The molecule has 11 heteroatoms. The summed E-state index contributed by atoms with van der Waals surface area (Å²) in [4.78, 5) is 36.7. The van der Waals surface area contributed by atoms with Gasteiger partial charge in [0.2, 0.25) is 5.91 Å². The lowest BCUT2D eigenvalue weighted by molar-refractivity contribution is -0.137. The summed E-state index contributed by atoms with van der Waals surface area (Å²) in [6.45, 7) is 6.11. The number of rotatable bonds is 12. The van der Waals surface area contributed by atoms with E-state index in [2.05, 4.69) is 28.7 Å². The molecule has 36 heavy (non-hydrogen) atoms. The van der Waals surface area contributed by atoms with Crippen LogP contribution >= 0.6 is 11.3 Å². The van der Waals surface area contributed by atoms with Crippen LogP contribution in [0.2, 0.25) is 0 Å². The Kier molecular flexibility index (Phi) is 11.7. The number of amides is 1. The molecule has 2 N–H and O–H groups in total. The molecule has 0 radical (unpaired) electrons. The number of nitrogens with zero attached hydrogens (tertiary/aromatic N) is 2. The topological polar surface area (TPSA) is 132 Å². The maximum Gasteiger partial charge on any atom is 0.357 e. The lowest BCUT2D eigenvalue weighted by Gasteiger charge is -2.07. The van der Waals surface area contributed by atoms with Gasteiger partial charge in [0, 0.05) is 31.2 Å². The standard InChI is InChI=1S/C25H26N4O6S/c1-4-11-35-25(32)18(16-26)14-23-29(5-2)24(31)21(36-23)9-10-27-19-7-6-8-20(15-19)28-22(30)17-34-13-12-33-3/h4,6-8,10,15,27H,1,5,11-13,17H2,2-3H3,(H,28,30). The normalized spacial score (nSPS) is 9.81. The second-order valence-electron chi connectivity index (χ2n) is 6.89. The molecule has 0 spiro atoms. The van der Waals surface area contributed by atoms with Crippen molar-refractivity contribution in [3.63, 3.8) is 0 Å². The Hall–Kier alpha value is -4.16. The third-order valence-electron chi connectivity index (χ3n) is 4.33. The molecule has 0 saturated carbocycles. The Labute approximate surface area is 211 Å². The van der Waals surface area contributed by atoms with Crippen LogP contribution in [0.4, 0.5) is 11.4 Å². The number of nitriles is 1. The first-order chi connectivity index (χ1) is 17.4. The van der Waals surface area contributed by atoms with E-state index in [-0.39, 0.29) is 34.8 Å². The molecule has 0 bridgehead atoms. The van der Waals surface area contributed by atoms with E-state index in [1.165, 1.54) is 16.8 Å². The summed E-state index contributed by atoms with van der Waals surface area (Å²) in [5.74, 6) is -1.15. The molecule has 1 amide bonds. The third-order valence-corrected chi connectivity index (χ3v) is 5.35.